The number of pyridine rings is 1. The number of anilines is 1. The fraction of sp³-hybridized carbons (Fsp3) is 0.267. The molecular formula is C15H17FN2. The molecule has 1 N–H and O–H groups in total. The van der Waals surface area contributed by atoms with Gasteiger partial charge in [0.05, 0.1) is 17.9 Å². The first-order valence-electron chi connectivity index (χ1n) is 6.16. The van der Waals surface area contributed by atoms with Crippen molar-refractivity contribution in [1.29, 1.82) is 0 Å². The highest BCUT2D eigenvalue weighted by Gasteiger charge is 2.06. The van der Waals surface area contributed by atoms with Crippen LogP contribution in [-0.4, -0.2) is 4.98 Å². The van der Waals surface area contributed by atoms with E-state index in [1.165, 1.54) is 17.8 Å². The number of aryl methyl sites for hydroxylation is 1. The van der Waals surface area contributed by atoms with Gasteiger partial charge in [0, 0.05) is 5.69 Å². The Balaban J connectivity index is 2.05. The molecule has 2 aromatic rings. The van der Waals surface area contributed by atoms with Gasteiger partial charge in [-0.3, -0.25) is 4.98 Å². The number of nitrogens with one attached hydrogen (secondary N) is 1. The summed E-state index contributed by atoms with van der Waals surface area (Å²) in [6.07, 6.45) is 2.28. The van der Waals surface area contributed by atoms with Crippen molar-refractivity contribution >= 4 is 5.69 Å². The van der Waals surface area contributed by atoms with Crippen molar-refractivity contribution < 1.29 is 4.39 Å². The predicted molar refractivity (Wildman–Crippen MR) is 72.1 cm³/mol. The highest BCUT2D eigenvalue weighted by molar-refractivity contribution is 5.46. The van der Waals surface area contributed by atoms with Gasteiger partial charge in [-0.1, -0.05) is 19.1 Å². The van der Waals surface area contributed by atoms with Crippen LogP contribution in [0.2, 0.25) is 0 Å². The summed E-state index contributed by atoms with van der Waals surface area (Å²) in [5.74, 6) is -0.307. The molecule has 0 aliphatic heterocycles. The van der Waals surface area contributed by atoms with Crippen molar-refractivity contribution in [2.75, 3.05) is 5.32 Å². The first-order valence-corrected chi connectivity index (χ1v) is 6.16. The van der Waals surface area contributed by atoms with Crippen molar-refractivity contribution in [2.45, 2.75) is 26.3 Å². The highest BCUT2D eigenvalue weighted by Crippen LogP contribution is 2.18. The molecule has 3 heteroatoms. The Morgan fingerprint density at radius 3 is 2.44 bits per heavy atom. The zero-order valence-electron chi connectivity index (χ0n) is 10.7. The summed E-state index contributed by atoms with van der Waals surface area (Å²) in [4.78, 5) is 4.07. The summed E-state index contributed by atoms with van der Waals surface area (Å²) in [5, 5.41) is 3.34. The monoisotopic (exact) mass is 244 g/mol. The van der Waals surface area contributed by atoms with Gasteiger partial charge >= 0.3 is 0 Å². The van der Waals surface area contributed by atoms with Crippen molar-refractivity contribution in [3.05, 3.63) is 59.7 Å². The fourth-order valence-corrected chi connectivity index (χ4v) is 1.80. The summed E-state index contributed by atoms with van der Waals surface area (Å²) in [5.41, 5.74) is 3.19. The Bertz CT molecular complexity index is 491. The zero-order valence-corrected chi connectivity index (χ0v) is 10.7. The third-order valence-electron chi connectivity index (χ3n) is 2.94. The van der Waals surface area contributed by atoms with Gasteiger partial charge in [-0.25, -0.2) is 4.39 Å². The summed E-state index contributed by atoms with van der Waals surface area (Å²) < 4.78 is 12.8. The number of aromatic nitrogens is 1. The van der Waals surface area contributed by atoms with Gasteiger partial charge in [-0.2, -0.15) is 0 Å². The molecule has 0 saturated heterocycles. The van der Waals surface area contributed by atoms with E-state index < -0.39 is 0 Å². The van der Waals surface area contributed by atoms with E-state index in [0.717, 1.165) is 17.8 Å². The minimum Gasteiger partial charge on any atom is -0.377 e. The molecule has 2 rings (SSSR count). The Morgan fingerprint density at radius 1 is 1.17 bits per heavy atom. The van der Waals surface area contributed by atoms with E-state index in [1.54, 1.807) is 6.07 Å². The molecular weight excluding hydrogens is 227 g/mol. The molecule has 18 heavy (non-hydrogen) atoms. The van der Waals surface area contributed by atoms with Crippen LogP contribution in [-0.2, 0) is 6.42 Å². The molecule has 94 valence electrons. The predicted octanol–water partition coefficient (Wildman–Crippen LogP) is 3.96. The molecule has 1 atom stereocenters. The molecule has 0 aliphatic carbocycles. The van der Waals surface area contributed by atoms with Crippen LogP contribution in [0.5, 0.6) is 0 Å². The minimum atomic E-state index is -0.307. The van der Waals surface area contributed by atoms with E-state index >= 15 is 0 Å². The molecule has 0 spiro atoms. The summed E-state index contributed by atoms with van der Waals surface area (Å²) in [7, 11) is 0. The number of hydrogen-bond acceptors (Lipinski definition) is 2. The van der Waals surface area contributed by atoms with E-state index in [-0.39, 0.29) is 11.9 Å². The standard InChI is InChI=1S/C15H17FN2/c1-3-12-4-7-14(8-5-12)18-11(2)15-9-6-13(16)10-17-15/h4-11,18H,3H2,1-2H3. The van der Waals surface area contributed by atoms with E-state index in [0.29, 0.717) is 0 Å². The largest absolute Gasteiger partial charge is 0.377 e. The molecule has 1 aromatic carbocycles. The topological polar surface area (TPSA) is 24.9 Å². The molecule has 0 aliphatic rings. The SMILES string of the molecule is CCc1ccc(NC(C)c2ccc(F)cn2)cc1. The second-order valence-electron chi connectivity index (χ2n) is 4.32. The van der Waals surface area contributed by atoms with Crippen LogP contribution >= 0.6 is 0 Å². The first-order chi connectivity index (χ1) is 8.69. The Morgan fingerprint density at radius 2 is 1.89 bits per heavy atom. The van der Waals surface area contributed by atoms with Crippen molar-refractivity contribution in [3.63, 3.8) is 0 Å². The maximum Gasteiger partial charge on any atom is 0.141 e. The van der Waals surface area contributed by atoms with E-state index in [1.807, 2.05) is 6.92 Å². The smallest absolute Gasteiger partial charge is 0.141 e. The molecule has 0 fully saturated rings. The molecule has 1 heterocycles. The van der Waals surface area contributed by atoms with Crippen LogP contribution in [0.4, 0.5) is 10.1 Å². The minimum absolute atomic E-state index is 0.0538. The van der Waals surface area contributed by atoms with E-state index in [2.05, 4.69) is 41.5 Å². The quantitative estimate of drug-likeness (QED) is 0.880. The van der Waals surface area contributed by atoms with Gasteiger partial charge in [0.2, 0.25) is 0 Å². The zero-order chi connectivity index (χ0) is 13.0. The van der Waals surface area contributed by atoms with Crippen LogP contribution in [0.1, 0.15) is 31.1 Å². The number of nitrogens with zero attached hydrogens (tertiary/aromatic N) is 1. The normalized spacial score (nSPS) is 12.2. The van der Waals surface area contributed by atoms with Gasteiger partial charge in [0.15, 0.2) is 0 Å². The van der Waals surface area contributed by atoms with Crippen molar-refractivity contribution in [1.82, 2.24) is 4.98 Å². The van der Waals surface area contributed by atoms with Gasteiger partial charge in [0.1, 0.15) is 5.82 Å². The lowest BCUT2D eigenvalue weighted by Gasteiger charge is -2.15. The van der Waals surface area contributed by atoms with Crippen LogP contribution < -0.4 is 5.32 Å². The lowest BCUT2D eigenvalue weighted by Crippen LogP contribution is -2.08. The third kappa shape index (κ3) is 3.06. The van der Waals surface area contributed by atoms with Crippen molar-refractivity contribution in [2.24, 2.45) is 0 Å². The fourth-order valence-electron chi connectivity index (χ4n) is 1.80. The number of benzene rings is 1. The van der Waals surface area contributed by atoms with Crippen LogP contribution in [0.3, 0.4) is 0 Å². The van der Waals surface area contributed by atoms with Gasteiger partial charge in [-0.15, -0.1) is 0 Å². The molecule has 0 bridgehead atoms. The summed E-state index contributed by atoms with van der Waals surface area (Å²) in [6.45, 7) is 4.14. The second kappa shape index (κ2) is 5.63. The maximum absolute atomic E-state index is 12.8. The van der Waals surface area contributed by atoms with Gasteiger partial charge in [0.25, 0.3) is 0 Å². The first kappa shape index (κ1) is 12.6. The van der Waals surface area contributed by atoms with Crippen LogP contribution in [0.25, 0.3) is 0 Å². The Hall–Kier alpha value is -1.90. The molecule has 0 radical (unpaired) electrons. The third-order valence-corrected chi connectivity index (χ3v) is 2.94. The molecule has 1 unspecified atom stereocenters. The van der Waals surface area contributed by atoms with E-state index in [9.17, 15) is 4.39 Å². The van der Waals surface area contributed by atoms with Gasteiger partial charge in [-0.05, 0) is 43.2 Å². The maximum atomic E-state index is 12.8. The average molecular weight is 244 g/mol. The summed E-state index contributed by atoms with van der Waals surface area (Å²) in [6, 6.07) is 11.5. The Kier molecular flexibility index (Phi) is 3.92. The average Bonchev–Trinajstić information content (AvgIpc) is 2.40. The van der Waals surface area contributed by atoms with Crippen LogP contribution in [0, 0.1) is 5.82 Å². The second-order valence-corrected chi connectivity index (χ2v) is 4.32. The highest BCUT2D eigenvalue weighted by atomic mass is 19.1. The van der Waals surface area contributed by atoms with E-state index in [4.69, 9.17) is 0 Å². The Labute approximate surface area is 107 Å². The van der Waals surface area contributed by atoms with Crippen LogP contribution in [0.15, 0.2) is 42.6 Å². The van der Waals surface area contributed by atoms with Crippen molar-refractivity contribution in [3.8, 4) is 0 Å². The lowest BCUT2D eigenvalue weighted by molar-refractivity contribution is 0.617. The van der Waals surface area contributed by atoms with Gasteiger partial charge < -0.3 is 5.32 Å². The number of hydrogen-bond donors (Lipinski definition) is 1. The molecule has 2 nitrogen and oxygen atoms in total. The molecule has 0 amide bonds. The number of halogens is 1. The number of rotatable bonds is 4. The summed E-state index contributed by atoms with van der Waals surface area (Å²) >= 11 is 0. The molecule has 1 aromatic heterocycles. The lowest BCUT2D eigenvalue weighted by atomic mass is 10.1. The molecule has 0 saturated carbocycles.